The fourth-order valence-electron chi connectivity index (χ4n) is 7.96. The highest BCUT2D eigenvalue weighted by Crippen LogP contribution is 2.14. The Labute approximate surface area is 450 Å². The summed E-state index contributed by atoms with van der Waals surface area (Å²) in [5, 5.41) is 0. The van der Waals surface area contributed by atoms with Gasteiger partial charge in [-0.15, -0.1) is 0 Å². The van der Waals surface area contributed by atoms with Crippen molar-refractivity contribution in [2.24, 2.45) is 0 Å². The minimum absolute atomic E-state index is 0.0926. The molecule has 0 saturated carbocycles. The number of ether oxygens (including phenoxy) is 3. The van der Waals surface area contributed by atoms with Crippen molar-refractivity contribution in [2.75, 3.05) is 13.2 Å². The first-order valence-corrected chi connectivity index (χ1v) is 30.0. The molecular formula is C67H110O6. The van der Waals surface area contributed by atoms with Crippen LogP contribution in [-0.4, -0.2) is 37.2 Å². The predicted octanol–water partition coefficient (Wildman–Crippen LogP) is 20.4. The number of carbonyl (C=O) groups is 3. The molecule has 1 atom stereocenters. The summed E-state index contributed by atoms with van der Waals surface area (Å²) in [7, 11) is 0. The van der Waals surface area contributed by atoms with Gasteiger partial charge in [-0.1, -0.05) is 251 Å². The van der Waals surface area contributed by atoms with Crippen molar-refractivity contribution in [3.05, 3.63) is 122 Å². The zero-order chi connectivity index (χ0) is 52.9. The van der Waals surface area contributed by atoms with E-state index >= 15 is 0 Å². The maximum Gasteiger partial charge on any atom is 0.306 e. The molecule has 0 radical (unpaired) electrons. The van der Waals surface area contributed by atoms with Crippen molar-refractivity contribution in [1.82, 2.24) is 0 Å². The van der Waals surface area contributed by atoms with E-state index < -0.39 is 6.10 Å². The van der Waals surface area contributed by atoms with Gasteiger partial charge in [-0.25, -0.2) is 0 Å². The van der Waals surface area contributed by atoms with Gasteiger partial charge in [0.2, 0.25) is 0 Å². The molecular weight excluding hydrogens is 901 g/mol. The summed E-state index contributed by atoms with van der Waals surface area (Å²) >= 11 is 0. The summed E-state index contributed by atoms with van der Waals surface area (Å²) in [6.45, 7) is 6.46. The van der Waals surface area contributed by atoms with E-state index in [-0.39, 0.29) is 31.1 Å². The van der Waals surface area contributed by atoms with Gasteiger partial charge in [0.05, 0.1) is 0 Å². The van der Waals surface area contributed by atoms with E-state index in [1.54, 1.807) is 0 Å². The molecule has 0 bridgehead atoms. The Hall–Kier alpha value is -4.19. The van der Waals surface area contributed by atoms with E-state index in [1.807, 2.05) is 0 Å². The van der Waals surface area contributed by atoms with Crippen molar-refractivity contribution in [2.45, 2.75) is 271 Å². The number of rotatable bonds is 53. The lowest BCUT2D eigenvalue weighted by Crippen LogP contribution is -2.30. The molecule has 0 saturated heterocycles. The summed E-state index contributed by atoms with van der Waals surface area (Å²) in [5.74, 6) is -0.941. The highest BCUT2D eigenvalue weighted by Gasteiger charge is 2.19. The normalized spacial score (nSPS) is 13.0. The molecule has 0 rings (SSSR count). The van der Waals surface area contributed by atoms with E-state index in [0.29, 0.717) is 19.3 Å². The van der Waals surface area contributed by atoms with Gasteiger partial charge in [-0.2, -0.15) is 0 Å². The van der Waals surface area contributed by atoms with Gasteiger partial charge in [-0.05, 0) is 116 Å². The van der Waals surface area contributed by atoms with Crippen LogP contribution in [0.2, 0.25) is 0 Å². The molecule has 0 aliphatic rings. The third-order valence-electron chi connectivity index (χ3n) is 12.5. The minimum atomic E-state index is -0.796. The molecule has 6 heteroatoms. The van der Waals surface area contributed by atoms with Crippen LogP contribution in [0.5, 0.6) is 0 Å². The van der Waals surface area contributed by atoms with Crippen LogP contribution in [0.1, 0.15) is 265 Å². The zero-order valence-corrected chi connectivity index (χ0v) is 47.4. The molecule has 414 valence electrons. The Bertz CT molecular complexity index is 1540. The van der Waals surface area contributed by atoms with Gasteiger partial charge in [0.15, 0.2) is 6.10 Å². The number of esters is 3. The molecule has 73 heavy (non-hydrogen) atoms. The number of allylic oxidation sites excluding steroid dienone is 20. The Morgan fingerprint density at radius 2 is 0.534 bits per heavy atom. The topological polar surface area (TPSA) is 78.9 Å². The van der Waals surface area contributed by atoms with Crippen LogP contribution < -0.4 is 0 Å². The zero-order valence-electron chi connectivity index (χ0n) is 47.4. The standard InChI is InChI=1S/C67H110O6/c1-4-7-10-13-16-19-21-23-25-27-28-29-30-31-32-33-34-35-36-37-38-39-40-41-43-44-46-48-51-54-57-60-66(69)72-63-64(62-71-65(68)59-56-53-50-18-15-12-9-6-3)73-67(70)61-58-55-52-49-47-45-42-26-24-22-20-17-14-11-8-5-2/h7,10,16,19,23,25-26,28-29,31-32,34-35,37-38,40-42,44,46,64H,4-6,8-9,11-15,17-18,20-22,24,27,30,33,36,39,43,45,47-63H2,1-3H3/b10-7-,19-16-,25-23-,29-28-,32-31-,35-34-,38-37-,41-40-,42-26-,46-44-. The van der Waals surface area contributed by atoms with E-state index in [4.69, 9.17) is 14.2 Å². The number of hydrogen-bond acceptors (Lipinski definition) is 6. The molecule has 1 unspecified atom stereocenters. The molecule has 0 aliphatic carbocycles. The summed E-state index contributed by atoms with van der Waals surface area (Å²) in [6, 6.07) is 0. The van der Waals surface area contributed by atoms with Crippen molar-refractivity contribution in [3.63, 3.8) is 0 Å². The van der Waals surface area contributed by atoms with Crippen LogP contribution in [0.15, 0.2) is 122 Å². The molecule has 6 nitrogen and oxygen atoms in total. The lowest BCUT2D eigenvalue weighted by Gasteiger charge is -2.18. The Morgan fingerprint density at radius 1 is 0.288 bits per heavy atom. The fraction of sp³-hybridized carbons (Fsp3) is 0.657. The van der Waals surface area contributed by atoms with E-state index in [2.05, 4.69) is 142 Å². The highest BCUT2D eigenvalue weighted by molar-refractivity contribution is 5.71. The van der Waals surface area contributed by atoms with Gasteiger partial charge in [0.1, 0.15) is 13.2 Å². The minimum Gasteiger partial charge on any atom is -0.462 e. The second kappa shape index (κ2) is 60.4. The fourth-order valence-corrected chi connectivity index (χ4v) is 7.96. The van der Waals surface area contributed by atoms with Crippen molar-refractivity contribution < 1.29 is 28.6 Å². The van der Waals surface area contributed by atoms with E-state index in [0.717, 1.165) is 135 Å². The van der Waals surface area contributed by atoms with Crippen molar-refractivity contribution in [1.29, 1.82) is 0 Å². The van der Waals surface area contributed by atoms with Crippen LogP contribution in [-0.2, 0) is 28.6 Å². The highest BCUT2D eigenvalue weighted by atomic mass is 16.6. The second-order valence-electron chi connectivity index (χ2n) is 19.5. The molecule has 0 heterocycles. The first kappa shape index (κ1) is 68.8. The monoisotopic (exact) mass is 1010 g/mol. The van der Waals surface area contributed by atoms with Crippen molar-refractivity contribution in [3.8, 4) is 0 Å². The summed E-state index contributed by atoms with van der Waals surface area (Å²) in [5.41, 5.74) is 0. The first-order valence-electron chi connectivity index (χ1n) is 30.0. The largest absolute Gasteiger partial charge is 0.462 e. The lowest BCUT2D eigenvalue weighted by atomic mass is 10.1. The molecule has 0 aromatic carbocycles. The van der Waals surface area contributed by atoms with Crippen LogP contribution in [0.4, 0.5) is 0 Å². The first-order chi connectivity index (χ1) is 36.0. The number of hydrogen-bond donors (Lipinski definition) is 0. The van der Waals surface area contributed by atoms with Crippen molar-refractivity contribution >= 4 is 17.9 Å². The average Bonchev–Trinajstić information content (AvgIpc) is 3.39. The van der Waals surface area contributed by atoms with Gasteiger partial charge < -0.3 is 14.2 Å². The van der Waals surface area contributed by atoms with Crippen LogP contribution in [0.25, 0.3) is 0 Å². The molecule has 0 aromatic heterocycles. The smallest absolute Gasteiger partial charge is 0.306 e. The van der Waals surface area contributed by atoms with E-state index in [9.17, 15) is 14.4 Å². The van der Waals surface area contributed by atoms with E-state index in [1.165, 1.54) is 89.9 Å². The van der Waals surface area contributed by atoms with Crippen LogP contribution in [0, 0.1) is 0 Å². The summed E-state index contributed by atoms with van der Waals surface area (Å²) in [6.07, 6.45) is 83.5. The van der Waals surface area contributed by atoms with Gasteiger partial charge >= 0.3 is 17.9 Å². The maximum absolute atomic E-state index is 12.8. The summed E-state index contributed by atoms with van der Waals surface area (Å²) < 4.78 is 16.8. The second-order valence-corrected chi connectivity index (χ2v) is 19.5. The lowest BCUT2D eigenvalue weighted by molar-refractivity contribution is -0.167. The molecule has 0 spiro atoms. The van der Waals surface area contributed by atoms with Gasteiger partial charge in [0, 0.05) is 19.3 Å². The molecule has 0 N–H and O–H groups in total. The molecule has 0 aliphatic heterocycles. The molecule has 0 aromatic rings. The number of unbranched alkanes of at least 4 members (excludes halogenated alkanes) is 22. The van der Waals surface area contributed by atoms with Crippen LogP contribution >= 0.6 is 0 Å². The quantitative estimate of drug-likeness (QED) is 0.0261. The SMILES string of the molecule is CC/C=C\C/C=C\C/C=C\C/C=C\C/C=C\C/C=C\C/C=C\C/C=C\C/C=C\CCCCCC(=O)OCC(COC(=O)CCCCCCCCCC)OC(=O)CCCCCCC/C=C\CCCCCCCCC. The number of carbonyl (C=O) groups excluding carboxylic acids is 3. The Morgan fingerprint density at radius 3 is 0.863 bits per heavy atom. The Balaban J connectivity index is 4.29. The third kappa shape index (κ3) is 58.6. The Kier molecular flexibility index (Phi) is 56.9. The average molecular weight is 1010 g/mol. The van der Waals surface area contributed by atoms with Gasteiger partial charge in [0.25, 0.3) is 0 Å². The summed E-state index contributed by atoms with van der Waals surface area (Å²) in [4.78, 5) is 38.0. The molecule has 0 fully saturated rings. The predicted molar refractivity (Wildman–Crippen MR) is 316 cm³/mol. The van der Waals surface area contributed by atoms with Gasteiger partial charge in [-0.3, -0.25) is 14.4 Å². The third-order valence-corrected chi connectivity index (χ3v) is 12.5. The van der Waals surface area contributed by atoms with Crippen LogP contribution in [0.3, 0.4) is 0 Å². The molecule has 0 amide bonds. The maximum atomic E-state index is 12.8.